The molecular weight excluding hydrogens is 214 g/mol. The fraction of sp³-hybridized carbons (Fsp3) is 1.00. The van der Waals surface area contributed by atoms with Gasteiger partial charge in [0.05, 0.1) is 6.61 Å². The molecule has 0 bridgehead atoms. The van der Waals surface area contributed by atoms with Crippen molar-refractivity contribution in [2.24, 2.45) is 5.73 Å². The lowest BCUT2D eigenvalue weighted by molar-refractivity contribution is -0.0294. The first-order valence-electron chi connectivity index (χ1n) is 6.59. The van der Waals surface area contributed by atoms with Gasteiger partial charge in [0.25, 0.3) is 0 Å². The summed E-state index contributed by atoms with van der Waals surface area (Å²) < 4.78 is 5.55. The second kappa shape index (κ2) is 5.65. The first-order chi connectivity index (χ1) is 7.68. The molecule has 1 aliphatic rings. The van der Waals surface area contributed by atoms with E-state index in [0.717, 1.165) is 39.3 Å². The molecule has 4 nitrogen and oxygen atoms in total. The third kappa shape index (κ3) is 5.82. The van der Waals surface area contributed by atoms with E-state index in [1.807, 2.05) is 13.8 Å². The highest BCUT2D eigenvalue weighted by molar-refractivity contribution is 4.81. The molecule has 0 aromatic rings. The summed E-state index contributed by atoms with van der Waals surface area (Å²) in [5.41, 5.74) is 5.57. The Bertz CT molecular complexity index is 219. The number of nitrogens with two attached hydrogens (primary N) is 1. The zero-order chi connectivity index (χ0) is 13.1. The number of rotatable bonds is 4. The first kappa shape index (κ1) is 14.9. The molecule has 1 aliphatic heterocycles. The van der Waals surface area contributed by atoms with Gasteiger partial charge in [0, 0.05) is 38.3 Å². The van der Waals surface area contributed by atoms with Crippen molar-refractivity contribution < 1.29 is 4.74 Å². The molecule has 1 rings (SSSR count). The summed E-state index contributed by atoms with van der Waals surface area (Å²) in [4.78, 5) is 4.99. The zero-order valence-corrected chi connectivity index (χ0v) is 12.1. The van der Waals surface area contributed by atoms with Crippen LogP contribution in [0.2, 0.25) is 0 Å². The maximum Gasteiger partial charge on any atom is 0.111 e. The fourth-order valence-corrected chi connectivity index (χ4v) is 2.08. The Morgan fingerprint density at radius 2 is 1.53 bits per heavy atom. The van der Waals surface area contributed by atoms with Gasteiger partial charge in [0.2, 0.25) is 0 Å². The van der Waals surface area contributed by atoms with Gasteiger partial charge in [-0.05, 0) is 34.6 Å². The van der Waals surface area contributed by atoms with Gasteiger partial charge in [0.15, 0.2) is 0 Å². The van der Waals surface area contributed by atoms with E-state index in [9.17, 15) is 0 Å². The van der Waals surface area contributed by atoms with Crippen molar-refractivity contribution in [2.45, 2.75) is 45.9 Å². The molecule has 0 atom stereocenters. The Morgan fingerprint density at radius 3 is 1.94 bits per heavy atom. The topological polar surface area (TPSA) is 41.7 Å². The first-order valence-corrected chi connectivity index (χ1v) is 6.59. The van der Waals surface area contributed by atoms with E-state index in [4.69, 9.17) is 10.5 Å². The summed E-state index contributed by atoms with van der Waals surface area (Å²) in [6, 6.07) is 0. The van der Waals surface area contributed by atoms with Crippen molar-refractivity contribution in [1.82, 2.24) is 9.80 Å². The van der Waals surface area contributed by atoms with Crippen LogP contribution in [0, 0.1) is 0 Å². The van der Waals surface area contributed by atoms with E-state index in [2.05, 4.69) is 30.6 Å². The average molecular weight is 243 g/mol. The molecule has 0 unspecified atom stereocenters. The van der Waals surface area contributed by atoms with Gasteiger partial charge in [-0.25, -0.2) is 0 Å². The van der Waals surface area contributed by atoms with Gasteiger partial charge >= 0.3 is 0 Å². The minimum Gasteiger partial charge on any atom is -0.360 e. The lowest BCUT2D eigenvalue weighted by Gasteiger charge is -2.42. The molecule has 0 aromatic heterocycles. The number of hydrogen-bond donors (Lipinski definition) is 1. The minimum atomic E-state index is -0.507. The van der Waals surface area contributed by atoms with Gasteiger partial charge in [-0.2, -0.15) is 0 Å². The van der Waals surface area contributed by atoms with Gasteiger partial charge in [-0.15, -0.1) is 0 Å². The number of ether oxygens (including phenoxy) is 1. The largest absolute Gasteiger partial charge is 0.360 e. The standard InChI is InChI=1S/C13H29N3O/c1-12(2,3)16-8-6-15(7-9-16)10-11-17-13(4,5)14/h6-11,14H2,1-5H3. The normalized spacial score (nSPS) is 20.8. The van der Waals surface area contributed by atoms with Crippen LogP contribution in [0.5, 0.6) is 0 Å². The van der Waals surface area contributed by atoms with E-state index in [-0.39, 0.29) is 0 Å². The van der Waals surface area contributed by atoms with Crippen LogP contribution >= 0.6 is 0 Å². The Morgan fingerprint density at radius 1 is 1.00 bits per heavy atom. The van der Waals surface area contributed by atoms with E-state index in [1.165, 1.54) is 0 Å². The zero-order valence-electron chi connectivity index (χ0n) is 12.1. The van der Waals surface area contributed by atoms with E-state index in [0.29, 0.717) is 5.54 Å². The summed E-state index contributed by atoms with van der Waals surface area (Å²) in [6.07, 6.45) is 0. The number of piperazine rings is 1. The van der Waals surface area contributed by atoms with E-state index >= 15 is 0 Å². The average Bonchev–Trinajstić information content (AvgIpc) is 2.15. The van der Waals surface area contributed by atoms with E-state index < -0.39 is 5.72 Å². The third-order valence-electron chi connectivity index (χ3n) is 3.20. The van der Waals surface area contributed by atoms with Crippen molar-refractivity contribution >= 4 is 0 Å². The molecule has 1 fully saturated rings. The van der Waals surface area contributed by atoms with Crippen molar-refractivity contribution in [2.75, 3.05) is 39.3 Å². The summed E-state index contributed by atoms with van der Waals surface area (Å²) in [5.74, 6) is 0. The summed E-state index contributed by atoms with van der Waals surface area (Å²) in [6.45, 7) is 16.9. The smallest absolute Gasteiger partial charge is 0.111 e. The summed E-state index contributed by atoms with van der Waals surface area (Å²) in [7, 11) is 0. The highest BCUT2D eigenvalue weighted by Gasteiger charge is 2.25. The van der Waals surface area contributed by atoms with Crippen molar-refractivity contribution in [3.63, 3.8) is 0 Å². The second-order valence-electron chi connectivity index (χ2n) is 6.45. The van der Waals surface area contributed by atoms with Gasteiger partial charge < -0.3 is 10.5 Å². The monoisotopic (exact) mass is 243 g/mol. The van der Waals surface area contributed by atoms with Crippen LogP contribution in [-0.4, -0.2) is 60.4 Å². The van der Waals surface area contributed by atoms with Crippen LogP contribution in [0.25, 0.3) is 0 Å². The lowest BCUT2D eigenvalue weighted by Crippen LogP contribution is -2.54. The van der Waals surface area contributed by atoms with Crippen molar-refractivity contribution in [3.8, 4) is 0 Å². The molecule has 1 heterocycles. The molecule has 17 heavy (non-hydrogen) atoms. The summed E-state index contributed by atoms with van der Waals surface area (Å²) in [5, 5.41) is 0. The molecule has 0 amide bonds. The van der Waals surface area contributed by atoms with Crippen LogP contribution in [0.1, 0.15) is 34.6 Å². The Balaban J connectivity index is 2.20. The molecule has 1 saturated heterocycles. The Kier molecular flexibility index (Phi) is 4.95. The highest BCUT2D eigenvalue weighted by atomic mass is 16.5. The molecule has 0 aliphatic carbocycles. The highest BCUT2D eigenvalue weighted by Crippen LogP contribution is 2.15. The Hall–Kier alpha value is -0.160. The molecule has 0 saturated carbocycles. The van der Waals surface area contributed by atoms with Crippen molar-refractivity contribution in [3.05, 3.63) is 0 Å². The molecule has 0 spiro atoms. The van der Waals surface area contributed by atoms with Gasteiger partial charge in [-0.1, -0.05) is 0 Å². The molecule has 4 heteroatoms. The predicted molar refractivity (Wildman–Crippen MR) is 72.0 cm³/mol. The molecule has 102 valence electrons. The predicted octanol–water partition coefficient (Wildman–Crippen LogP) is 1.11. The molecular formula is C13H29N3O. The molecule has 0 aromatic carbocycles. The SMILES string of the molecule is CC(C)(N)OCCN1CCN(C(C)(C)C)CC1. The quantitative estimate of drug-likeness (QED) is 0.751. The Labute approximate surface area is 106 Å². The maximum absolute atomic E-state index is 5.78. The third-order valence-corrected chi connectivity index (χ3v) is 3.20. The van der Waals surface area contributed by atoms with Crippen LogP contribution in [-0.2, 0) is 4.74 Å². The lowest BCUT2D eigenvalue weighted by atomic mass is 10.1. The van der Waals surface area contributed by atoms with Gasteiger partial charge in [-0.3, -0.25) is 9.80 Å². The number of hydrogen-bond acceptors (Lipinski definition) is 4. The molecule has 2 N–H and O–H groups in total. The summed E-state index contributed by atoms with van der Waals surface area (Å²) >= 11 is 0. The van der Waals surface area contributed by atoms with Crippen LogP contribution in [0.4, 0.5) is 0 Å². The minimum absolute atomic E-state index is 0.293. The molecule has 0 radical (unpaired) electrons. The maximum atomic E-state index is 5.78. The second-order valence-corrected chi connectivity index (χ2v) is 6.45. The fourth-order valence-electron chi connectivity index (χ4n) is 2.08. The van der Waals surface area contributed by atoms with E-state index in [1.54, 1.807) is 0 Å². The van der Waals surface area contributed by atoms with Gasteiger partial charge in [0.1, 0.15) is 5.72 Å². The van der Waals surface area contributed by atoms with Crippen molar-refractivity contribution in [1.29, 1.82) is 0 Å². The van der Waals surface area contributed by atoms with Crippen LogP contribution < -0.4 is 5.73 Å². The van der Waals surface area contributed by atoms with Crippen LogP contribution in [0.3, 0.4) is 0 Å². The number of nitrogens with zero attached hydrogens (tertiary/aromatic N) is 2. The van der Waals surface area contributed by atoms with Crippen LogP contribution in [0.15, 0.2) is 0 Å².